The molecule has 17 heavy (non-hydrogen) atoms. The minimum absolute atomic E-state index is 0.333. The van der Waals surface area contributed by atoms with Gasteiger partial charge in [0.1, 0.15) is 4.88 Å². The molecule has 7 heteroatoms. The fourth-order valence-corrected chi connectivity index (χ4v) is 5.20. The van der Waals surface area contributed by atoms with Crippen molar-refractivity contribution in [1.29, 1.82) is 0 Å². The molecule has 0 fully saturated rings. The first-order chi connectivity index (χ1) is 8.19. The molecule has 3 rings (SSSR count). The summed E-state index contributed by atoms with van der Waals surface area (Å²) in [5.74, 6) is -0.910. The lowest BCUT2D eigenvalue weighted by Gasteiger charge is -1.85. The monoisotopic (exact) mass is 284 g/mol. The number of fused-ring (bicyclic) bond motifs is 3. The van der Waals surface area contributed by atoms with Gasteiger partial charge in [0.05, 0.1) is 14.1 Å². The lowest BCUT2D eigenvalue weighted by molar-refractivity contribution is -0.120. The van der Waals surface area contributed by atoms with E-state index in [1.165, 1.54) is 34.0 Å². The van der Waals surface area contributed by atoms with Crippen molar-refractivity contribution in [2.75, 3.05) is 0 Å². The molecule has 86 valence electrons. The second kappa shape index (κ2) is 3.80. The summed E-state index contributed by atoms with van der Waals surface area (Å²) < 4.78 is 8.71. The molecule has 0 aliphatic heterocycles. The molecule has 0 radical (unpaired) electrons. The number of thiophene rings is 3. The predicted molar refractivity (Wildman–Crippen MR) is 68.7 cm³/mol. The van der Waals surface area contributed by atoms with E-state index in [0.717, 1.165) is 18.8 Å². The third-order valence-electron chi connectivity index (χ3n) is 2.17. The molecule has 0 aromatic carbocycles. The summed E-state index contributed by atoms with van der Waals surface area (Å²) in [6.45, 7) is 0.393. The van der Waals surface area contributed by atoms with Gasteiger partial charge in [-0.25, -0.2) is 4.79 Å². The van der Waals surface area contributed by atoms with Gasteiger partial charge in [0.25, 0.3) is 6.47 Å². The molecule has 0 unspecified atom stereocenters. The topological polar surface area (TPSA) is 63.6 Å². The number of hydrogen-bond donors (Lipinski definition) is 1. The Morgan fingerprint density at radius 2 is 1.88 bits per heavy atom. The summed E-state index contributed by atoms with van der Waals surface area (Å²) in [5.41, 5.74) is 0. The number of ether oxygens (including phenoxy) is 1. The molecule has 0 spiro atoms. The number of carboxylic acids is 1. The first-order valence-electron chi connectivity index (χ1n) is 4.48. The zero-order valence-corrected chi connectivity index (χ0v) is 10.6. The van der Waals surface area contributed by atoms with Crippen molar-refractivity contribution < 1.29 is 19.4 Å². The van der Waals surface area contributed by atoms with Gasteiger partial charge >= 0.3 is 5.97 Å². The fraction of sp³-hybridized carbons (Fsp3) is 0. The van der Waals surface area contributed by atoms with E-state index in [2.05, 4.69) is 0 Å². The summed E-state index contributed by atoms with van der Waals surface area (Å²) in [4.78, 5) is 21.4. The summed E-state index contributed by atoms with van der Waals surface area (Å²) in [5, 5.41) is 9.45. The van der Waals surface area contributed by atoms with Crippen molar-refractivity contribution in [3.63, 3.8) is 0 Å². The van der Waals surface area contributed by atoms with Crippen LogP contribution in [-0.2, 0) is 4.79 Å². The SMILES string of the molecule is O=COc1cc2sc3cc(C(=O)O)sc3c2s1. The highest BCUT2D eigenvalue weighted by atomic mass is 32.1. The first kappa shape index (κ1) is 10.7. The van der Waals surface area contributed by atoms with Crippen LogP contribution in [0.1, 0.15) is 9.67 Å². The zero-order chi connectivity index (χ0) is 12.0. The largest absolute Gasteiger partial charge is 0.477 e. The van der Waals surface area contributed by atoms with Gasteiger partial charge in [-0.2, -0.15) is 0 Å². The standard InChI is InChI=1S/C10H4O4S3/c11-3-14-7-2-5-9(17-7)8-4(15-5)1-6(16-8)10(12)13/h1-3H,(H,12,13). The van der Waals surface area contributed by atoms with Crippen molar-refractivity contribution >= 4 is 65.3 Å². The molecular formula is C10H4O4S3. The molecule has 3 heterocycles. The zero-order valence-electron chi connectivity index (χ0n) is 8.13. The van der Waals surface area contributed by atoms with Gasteiger partial charge in [0.2, 0.25) is 0 Å². The lowest BCUT2D eigenvalue weighted by Crippen LogP contribution is -1.89. The molecule has 0 saturated carbocycles. The summed E-state index contributed by atoms with van der Waals surface area (Å²) in [6, 6.07) is 3.48. The molecule has 0 amide bonds. The summed E-state index contributed by atoms with van der Waals surface area (Å²) >= 11 is 4.12. The Bertz CT molecular complexity index is 733. The second-order valence-corrected chi connectivity index (χ2v) is 6.33. The van der Waals surface area contributed by atoms with Crippen LogP contribution in [0.15, 0.2) is 12.1 Å². The third kappa shape index (κ3) is 1.63. The van der Waals surface area contributed by atoms with E-state index in [1.807, 2.05) is 0 Å². The van der Waals surface area contributed by atoms with Gasteiger partial charge in [-0.1, -0.05) is 11.3 Å². The summed E-state index contributed by atoms with van der Waals surface area (Å²) in [7, 11) is 0. The summed E-state index contributed by atoms with van der Waals surface area (Å²) in [6.07, 6.45) is 0. The number of aromatic carboxylic acids is 1. The van der Waals surface area contributed by atoms with Crippen molar-refractivity contribution in [3.8, 4) is 5.06 Å². The third-order valence-corrected chi connectivity index (χ3v) is 5.83. The molecule has 0 aliphatic rings. The maximum Gasteiger partial charge on any atom is 0.345 e. The Labute approximate surface area is 107 Å². The van der Waals surface area contributed by atoms with Crippen LogP contribution in [0.2, 0.25) is 0 Å². The highest BCUT2D eigenvalue weighted by Crippen LogP contribution is 2.45. The molecule has 3 aromatic rings. The smallest absolute Gasteiger partial charge is 0.345 e. The maximum absolute atomic E-state index is 10.9. The average molecular weight is 284 g/mol. The Morgan fingerprint density at radius 3 is 2.59 bits per heavy atom. The van der Waals surface area contributed by atoms with E-state index in [-0.39, 0.29) is 0 Å². The van der Waals surface area contributed by atoms with Crippen LogP contribution in [-0.4, -0.2) is 17.5 Å². The predicted octanol–water partition coefficient (Wildman–Crippen LogP) is 3.41. The molecular weight excluding hydrogens is 280 g/mol. The van der Waals surface area contributed by atoms with Crippen molar-refractivity contribution in [1.82, 2.24) is 0 Å². The highest BCUT2D eigenvalue weighted by Gasteiger charge is 2.16. The fourth-order valence-electron chi connectivity index (χ4n) is 1.52. The lowest BCUT2D eigenvalue weighted by atomic mass is 10.4. The van der Waals surface area contributed by atoms with Gasteiger partial charge < -0.3 is 9.84 Å². The van der Waals surface area contributed by atoms with E-state index in [4.69, 9.17) is 9.84 Å². The Morgan fingerprint density at radius 1 is 1.18 bits per heavy atom. The number of carbonyl (C=O) groups excluding carboxylic acids is 1. The van der Waals surface area contributed by atoms with Crippen LogP contribution in [0.5, 0.6) is 5.06 Å². The second-order valence-electron chi connectivity index (χ2n) is 3.18. The normalized spacial score (nSPS) is 11.1. The Balaban J connectivity index is 2.23. The molecule has 0 atom stereocenters. The number of carbonyl (C=O) groups is 2. The van der Waals surface area contributed by atoms with Gasteiger partial charge in [-0.15, -0.1) is 22.7 Å². The minimum atomic E-state index is -0.910. The van der Waals surface area contributed by atoms with Gasteiger partial charge in [0, 0.05) is 10.8 Å². The van der Waals surface area contributed by atoms with Gasteiger partial charge in [-0.3, -0.25) is 4.79 Å². The molecule has 4 nitrogen and oxygen atoms in total. The van der Waals surface area contributed by atoms with Gasteiger partial charge in [-0.05, 0) is 6.07 Å². The van der Waals surface area contributed by atoms with Crippen LogP contribution in [0.3, 0.4) is 0 Å². The van der Waals surface area contributed by atoms with Crippen molar-refractivity contribution in [2.45, 2.75) is 0 Å². The molecule has 0 bridgehead atoms. The van der Waals surface area contributed by atoms with Crippen molar-refractivity contribution in [3.05, 3.63) is 17.0 Å². The average Bonchev–Trinajstić information content (AvgIpc) is 2.87. The van der Waals surface area contributed by atoms with Crippen LogP contribution in [0.4, 0.5) is 0 Å². The maximum atomic E-state index is 10.9. The minimum Gasteiger partial charge on any atom is -0.477 e. The van der Waals surface area contributed by atoms with Crippen molar-refractivity contribution in [2.24, 2.45) is 0 Å². The number of rotatable bonds is 3. The Hall–Kier alpha value is -1.44. The van der Waals surface area contributed by atoms with E-state index >= 15 is 0 Å². The van der Waals surface area contributed by atoms with E-state index in [9.17, 15) is 9.59 Å². The number of carboxylic acid groups (broad SMARTS) is 1. The highest BCUT2D eigenvalue weighted by molar-refractivity contribution is 7.39. The first-order valence-corrected chi connectivity index (χ1v) is 6.93. The Kier molecular flexibility index (Phi) is 2.39. The van der Waals surface area contributed by atoms with Crippen LogP contribution in [0.25, 0.3) is 18.8 Å². The van der Waals surface area contributed by atoms with Crippen LogP contribution in [0, 0.1) is 0 Å². The molecule has 1 N–H and O–H groups in total. The quantitative estimate of drug-likeness (QED) is 0.749. The molecule has 0 saturated heterocycles. The van der Waals surface area contributed by atoms with E-state index in [0.29, 0.717) is 16.4 Å². The number of hydrogen-bond acceptors (Lipinski definition) is 6. The van der Waals surface area contributed by atoms with Crippen LogP contribution < -0.4 is 4.74 Å². The molecule has 3 aromatic heterocycles. The van der Waals surface area contributed by atoms with Crippen LogP contribution >= 0.6 is 34.0 Å². The van der Waals surface area contributed by atoms with E-state index < -0.39 is 5.97 Å². The van der Waals surface area contributed by atoms with E-state index in [1.54, 1.807) is 12.1 Å². The molecule has 0 aliphatic carbocycles. The van der Waals surface area contributed by atoms with Gasteiger partial charge in [0.15, 0.2) is 5.06 Å².